The predicted molar refractivity (Wildman–Crippen MR) is 124 cm³/mol. The zero-order valence-corrected chi connectivity index (χ0v) is 18.1. The number of aromatic amines is 1. The Balaban J connectivity index is 1.86. The van der Waals surface area contributed by atoms with Gasteiger partial charge < -0.3 is 14.5 Å². The van der Waals surface area contributed by atoms with Crippen molar-refractivity contribution in [1.29, 1.82) is 0 Å². The molecule has 0 saturated heterocycles. The Hall–Kier alpha value is -3.17. The molecule has 0 saturated carbocycles. The van der Waals surface area contributed by atoms with E-state index in [0.29, 0.717) is 11.5 Å². The quantitative estimate of drug-likeness (QED) is 0.369. The molecule has 3 nitrogen and oxygen atoms in total. The van der Waals surface area contributed by atoms with Gasteiger partial charge in [0.25, 0.3) is 0 Å². The van der Waals surface area contributed by atoms with Gasteiger partial charge >= 0.3 is 0 Å². The lowest BCUT2D eigenvalue weighted by Crippen LogP contribution is -1.92. The summed E-state index contributed by atoms with van der Waals surface area (Å²) in [6, 6.07) is 24.5. The van der Waals surface area contributed by atoms with Crippen LogP contribution >= 0.6 is 11.6 Å². The highest BCUT2D eigenvalue weighted by molar-refractivity contribution is 6.30. The van der Waals surface area contributed by atoms with E-state index in [0.717, 1.165) is 28.3 Å². The third-order valence-electron chi connectivity index (χ3n) is 5.36. The minimum atomic E-state index is 0.710. The molecule has 0 aliphatic heterocycles. The average molecular weight is 418 g/mol. The lowest BCUT2D eigenvalue weighted by Gasteiger charge is -2.10. The summed E-state index contributed by atoms with van der Waals surface area (Å²) in [6.45, 7) is 2.15. The van der Waals surface area contributed by atoms with Crippen molar-refractivity contribution >= 4 is 11.6 Å². The Kier molecular flexibility index (Phi) is 5.82. The van der Waals surface area contributed by atoms with Crippen LogP contribution in [0.15, 0.2) is 72.8 Å². The van der Waals surface area contributed by atoms with Crippen molar-refractivity contribution in [2.24, 2.45) is 0 Å². The van der Waals surface area contributed by atoms with Crippen LogP contribution in [0.2, 0.25) is 5.02 Å². The van der Waals surface area contributed by atoms with Gasteiger partial charge in [-0.15, -0.1) is 0 Å². The number of benzene rings is 3. The zero-order valence-electron chi connectivity index (χ0n) is 17.3. The molecule has 4 heteroatoms. The molecule has 1 heterocycles. The number of halogens is 1. The molecule has 1 N–H and O–H groups in total. The number of nitrogens with one attached hydrogen (secondary N) is 1. The molecule has 4 aromatic rings. The first-order valence-corrected chi connectivity index (χ1v) is 10.2. The Morgan fingerprint density at radius 2 is 1.47 bits per heavy atom. The summed E-state index contributed by atoms with van der Waals surface area (Å²) in [5, 5.41) is 0.733. The van der Waals surface area contributed by atoms with Crippen molar-refractivity contribution in [3.63, 3.8) is 0 Å². The van der Waals surface area contributed by atoms with Crippen LogP contribution in [0.4, 0.5) is 0 Å². The summed E-state index contributed by atoms with van der Waals surface area (Å²) in [7, 11) is 3.30. The number of ether oxygens (including phenoxy) is 2. The molecular weight excluding hydrogens is 394 g/mol. The normalized spacial score (nSPS) is 10.8. The van der Waals surface area contributed by atoms with Crippen LogP contribution in [0.25, 0.3) is 22.4 Å². The molecule has 0 aliphatic rings. The second-order valence-corrected chi connectivity index (χ2v) is 7.65. The number of aromatic nitrogens is 1. The highest BCUT2D eigenvalue weighted by Crippen LogP contribution is 2.39. The third kappa shape index (κ3) is 3.94. The number of H-pyrrole nitrogens is 1. The van der Waals surface area contributed by atoms with E-state index in [1.807, 2.05) is 30.3 Å². The van der Waals surface area contributed by atoms with Crippen LogP contribution in [0.3, 0.4) is 0 Å². The van der Waals surface area contributed by atoms with E-state index in [-0.39, 0.29) is 0 Å². The molecule has 0 atom stereocenters. The van der Waals surface area contributed by atoms with Crippen LogP contribution < -0.4 is 9.47 Å². The Morgan fingerprint density at radius 1 is 0.800 bits per heavy atom. The minimum absolute atomic E-state index is 0.710. The number of hydrogen-bond acceptors (Lipinski definition) is 2. The topological polar surface area (TPSA) is 34.2 Å². The monoisotopic (exact) mass is 417 g/mol. The standard InChI is InChI=1S/C26H24ClNO2/c1-17-25(19-9-12-21(27)13-10-19)22(15-18-7-5-4-6-8-18)28-26(17)20-11-14-23(29-2)24(16-20)30-3/h4-14,16,28H,15H2,1-3H3. The van der Waals surface area contributed by atoms with Gasteiger partial charge in [0.05, 0.1) is 14.2 Å². The summed E-state index contributed by atoms with van der Waals surface area (Å²) >= 11 is 6.14. The van der Waals surface area contributed by atoms with Crippen molar-refractivity contribution in [3.05, 3.63) is 94.6 Å². The van der Waals surface area contributed by atoms with Gasteiger partial charge in [0.1, 0.15) is 0 Å². The van der Waals surface area contributed by atoms with E-state index in [1.54, 1.807) is 14.2 Å². The molecule has 0 amide bonds. The van der Waals surface area contributed by atoms with Gasteiger partial charge in [0, 0.05) is 34.0 Å². The van der Waals surface area contributed by atoms with Crippen LogP contribution in [0.1, 0.15) is 16.8 Å². The van der Waals surface area contributed by atoms with Gasteiger partial charge in [0.15, 0.2) is 11.5 Å². The van der Waals surface area contributed by atoms with Crippen LogP contribution in [-0.4, -0.2) is 19.2 Å². The van der Waals surface area contributed by atoms with E-state index < -0.39 is 0 Å². The number of rotatable bonds is 6. The van der Waals surface area contributed by atoms with Crippen molar-refractivity contribution in [3.8, 4) is 33.9 Å². The fourth-order valence-electron chi connectivity index (χ4n) is 3.88. The number of methoxy groups -OCH3 is 2. The maximum Gasteiger partial charge on any atom is 0.161 e. The maximum absolute atomic E-state index is 6.14. The van der Waals surface area contributed by atoms with E-state index in [4.69, 9.17) is 21.1 Å². The summed E-state index contributed by atoms with van der Waals surface area (Å²) in [6.07, 6.45) is 0.812. The van der Waals surface area contributed by atoms with Gasteiger partial charge in [-0.2, -0.15) is 0 Å². The molecule has 152 valence electrons. The molecule has 3 aromatic carbocycles. The average Bonchev–Trinajstić information content (AvgIpc) is 3.10. The van der Waals surface area contributed by atoms with Crippen molar-refractivity contribution in [2.45, 2.75) is 13.3 Å². The largest absolute Gasteiger partial charge is 0.493 e. The highest BCUT2D eigenvalue weighted by Gasteiger charge is 2.18. The first-order valence-electron chi connectivity index (χ1n) is 9.84. The smallest absolute Gasteiger partial charge is 0.161 e. The first kappa shape index (κ1) is 20.1. The Labute approximate surface area is 182 Å². The molecule has 30 heavy (non-hydrogen) atoms. The van der Waals surface area contributed by atoms with E-state index >= 15 is 0 Å². The molecule has 0 fully saturated rings. The second-order valence-electron chi connectivity index (χ2n) is 7.22. The lowest BCUT2D eigenvalue weighted by atomic mass is 9.96. The zero-order chi connectivity index (χ0) is 21.1. The lowest BCUT2D eigenvalue weighted by molar-refractivity contribution is 0.355. The van der Waals surface area contributed by atoms with Gasteiger partial charge in [-0.1, -0.05) is 54.1 Å². The Bertz CT molecular complexity index is 1150. The van der Waals surface area contributed by atoms with Crippen LogP contribution in [0.5, 0.6) is 11.5 Å². The van der Waals surface area contributed by atoms with Gasteiger partial charge in [-0.3, -0.25) is 0 Å². The van der Waals surface area contributed by atoms with E-state index in [9.17, 15) is 0 Å². The molecule has 0 aliphatic carbocycles. The molecule has 0 unspecified atom stereocenters. The second kappa shape index (κ2) is 8.68. The van der Waals surface area contributed by atoms with Crippen LogP contribution in [-0.2, 0) is 6.42 Å². The molecule has 0 spiro atoms. The molecule has 0 bridgehead atoms. The van der Waals surface area contributed by atoms with Gasteiger partial charge in [-0.25, -0.2) is 0 Å². The van der Waals surface area contributed by atoms with Gasteiger partial charge in [-0.05, 0) is 53.9 Å². The SMILES string of the molecule is COc1ccc(-c2[nH]c(Cc3ccccc3)c(-c3ccc(Cl)cc3)c2C)cc1OC. The molecular formula is C26H24ClNO2. The van der Waals surface area contributed by atoms with Crippen LogP contribution in [0, 0.1) is 6.92 Å². The fourth-order valence-corrected chi connectivity index (χ4v) is 4.00. The fraction of sp³-hybridized carbons (Fsp3) is 0.154. The van der Waals surface area contributed by atoms with Crippen molar-refractivity contribution in [1.82, 2.24) is 4.98 Å². The number of hydrogen-bond donors (Lipinski definition) is 1. The summed E-state index contributed by atoms with van der Waals surface area (Å²) in [4.78, 5) is 3.69. The van der Waals surface area contributed by atoms with Gasteiger partial charge in [0.2, 0.25) is 0 Å². The summed E-state index contributed by atoms with van der Waals surface area (Å²) in [5.41, 5.74) is 8.10. The summed E-state index contributed by atoms with van der Waals surface area (Å²) < 4.78 is 10.9. The van der Waals surface area contributed by atoms with Crippen molar-refractivity contribution in [2.75, 3.05) is 14.2 Å². The maximum atomic E-state index is 6.14. The third-order valence-corrected chi connectivity index (χ3v) is 5.61. The molecule has 0 radical (unpaired) electrons. The Morgan fingerprint density at radius 3 is 2.13 bits per heavy atom. The minimum Gasteiger partial charge on any atom is -0.493 e. The highest BCUT2D eigenvalue weighted by atomic mass is 35.5. The van der Waals surface area contributed by atoms with Crippen molar-refractivity contribution < 1.29 is 9.47 Å². The van der Waals surface area contributed by atoms with E-state index in [2.05, 4.69) is 54.4 Å². The predicted octanol–water partition coefficient (Wildman–Crippen LogP) is 6.92. The summed E-state index contributed by atoms with van der Waals surface area (Å²) in [5.74, 6) is 1.43. The molecule has 1 aromatic heterocycles. The first-order chi connectivity index (χ1) is 14.6. The van der Waals surface area contributed by atoms with E-state index in [1.165, 1.54) is 22.4 Å². The molecule has 4 rings (SSSR count).